The fourth-order valence-electron chi connectivity index (χ4n) is 4.85. The van der Waals surface area contributed by atoms with E-state index in [2.05, 4.69) is 5.32 Å². The molecule has 3 atom stereocenters. The van der Waals surface area contributed by atoms with E-state index in [4.69, 9.17) is 4.74 Å². The number of nitrogens with zero attached hydrogens (tertiary/aromatic N) is 1. The van der Waals surface area contributed by atoms with E-state index in [1.54, 1.807) is 0 Å². The number of aliphatic hydroxyl groups excluding tert-OH is 1. The molecule has 3 aromatic rings. The average Bonchev–Trinajstić information content (AvgIpc) is 3.51. The van der Waals surface area contributed by atoms with Gasteiger partial charge in [0.2, 0.25) is 0 Å². The Morgan fingerprint density at radius 1 is 1.19 bits per heavy atom. The number of hydrogen-bond acceptors (Lipinski definition) is 4. The predicted molar refractivity (Wildman–Crippen MR) is 116 cm³/mol. The van der Waals surface area contributed by atoms with Crippen LogP contribution < -0.4 is 5.32 Å². The van der Waals surface area contributed by atoms with Crippen LogP contribution in [0.15, 0.2) is 54.6 Å². The minimum Gasteiger partial charge on any atom is -0.480 e. The first-order valence-electron chi connectivity index (χ1n) is 10.7. The zero-order chi connectivity index (χ0) is 21.5. The van der Waals surface area contributed by atoms with Gasteiger partial charge in [-0.25, -0.2) is 0 Å². The van der Waals surface area contributed by atoms with Gasteiger partial charge >= 0.3 is 5.97 Å². The molecular weight excluding hydrogens is 392 g/mol. The van der Waals surface area contributed by atoms with Crippen molar-refractivity contribution in [3.8, 4) is 0 Å². The number of aliphatic carboxylic acids is 1. The van der Waals surface area contributed by atoms with Gasteiger partial charge in [0, 0.05) is 29.9 Å². The SMILES string of the molecule is Cc1c(Cc2ccccc2C(O)c2ccccc2)c2c(n1CC(=O)O)CCNC1OC21. The Balaban J connectivity index is 1.57. The lowest BCUT2D eigenvalue weighted by Gasteiger charge is -2.17. The number of rotatable bonds is 6. The van der Waals surface area contributed by atoms with Crippen LogP contribution in [0.25, 0.3) is 0 Å². The molecule has 0 aliphatic carbocycles. The standard InChI is InChI=1S/C25H26N2O4/c1-15-19(22-20(27(15)14-21(28)29)11-12-26-25-24(22)31-25)13-17-9-5-6-10-18(17)23(30)16-7-3-2-4-8-16/h2-10,23-26,30H,11-14H2,1H3,(H,28,29). The third kappa shape index (κ3) is 3.67. The van der Waals surface area contributed by atoms with Crippen molar-refractivity contribution in [1.82, 2.24) is 9.88 Å². The highest BCUT2D eigenvalue weighted by atomic mass is 16.6. The van der Waals surface area contributed by atoms with E-state index in [1.807, 2.05) is 66.1 Å². The van der Waals surface area contributed by atoms with Crippen molar-refractivity contribution in [2.75, 3.05) is 6.54 Å². The Hall–Kier alpha value is -2.93. The van der Waals surface area contributed by atoms with Crippen LogP contribution >= 0.6 is 0 Å². The lowest BCUT2D eigenvalue weighted by atomic mass is 9.91. The molecule has 5 rings (SSSR count). The molecule has 3 N–H and O–H groups in total. The molecule has 3 heterocycles. The normalized spacial score (nSPS) is 20.5. The Kier molecular flexibility index (Phi) is 5.14. The van der Waals surface area contributed by atoms with E-state index in [-0.39, 0.29) is 18.9 Å². The average molecular weight is 418 g/mol. The number of ether oxygens (including phenoxy) is 1. The van der Waals surface area contributed by atoms with Crippen molar-refractivity contribution in [2.24, 2.45) is 0 Å². The molecule has 6 heteroatoms. The smallest absolute Gasteiger partial charge is 0.323 e. The Bertz CT molecular complexity index is 1120. The lowest BCUT2D eigenvalue weighted by Crippen LogP contribution is -2.21. The van der Waals surface area contributed by atoms with Crippen LogP contribution in [-0.2, 0) is 28.9 Å². The fraction of sp³-hybridized carbons (Fsp3) is 0.320. The predicted octanol–water partition coefficient (Wildman–Crippen LogP) is 3.10. The van der Waals surface area contributed by atoms with Gasteiger partial charge in [0.05, 0.1) is 0 Å². The molecular formula is C25H26N2O4. The maximum absolute atomic E-state index is 11.6. The minimum atomic E-state index is -0.849. The maximum Gasteiger partial charge on any atom is 0.323 e. The summed E-state index contributed by atoms with van der Waals surface area (Å²) in [6.07, 6.45) is 0.642. The van der Waals surface area contributed by atoms with Gasteiger partial charge < -0.3 is 19.5 Å². The van der Waals surface area contributed by atoms with Crippen molar-refractivity contribution in [3.63, 3.8) is 0 Å². The molecule has 160 valence electrons. The molecule has 2 aromatic carbocycles. The molecule has 31 heavy (non-hydrogen) atoms. The molecule has 1 saturated heterocycles. The number of carbonyl (C=O) groups is 1. The van der Waals surface area contributed by atoms with Gasteiger partial charge in [-0.15, -0.1) is 0 Å². The number of hydrogen-bond donors (Lipinski definition) is 3. The van der Waals surface area contributed by atoms with Gasteiger partial charge in [0.25, 0.3) is 0 Å². The van der Waals surface area contributed by atoms with Crippen LogP contribution in [0.1, 0.15) is 51.4 Å². The Morgan fingerprint density at radius 3 is 2.71 bits per heavy atom. The molecule has 1 fully saturated rings. The molecule has 1 aromatic heterocycles. The number of epoxide rings is 1. The molecule has 0 bridgehead atoms. The van der Waals surface area contributed by atoms with Gasteiger partial charge in [0.1, 0.15) is 25.0 Å². The summed E-state index contributed by atoms with van der Waals surface area (Å²) in [5.41, 5.74) is 7.00. The van der Waals surface area contributed by atoms with E-state index >= 15 is 0 Å². The second kappa shape index (κ2) is 7.96. The molecule has 0 amide bonds. The quantitative estimate of drug-likeness (QED) is 0.536. The topological polar surface area (TPSA) is 87.0 Å². The van der Waals surface area contributed by atoms with E-state index in [1.165, 1.54) is 0 Å². The zero-order valence-corrected chi connectivity index (χ0v) is 17.4. The Morgan fingerprint density at radius 2 is 1.94 bits per heavy atom. The third-order valence-corrected chi connectivity index (χ3v) is 6.41. The number of benzene rings is 2. The summed E-state index contributed by atoms with van der Waals surface area (Å²) in [6.45, 7) is 2.70. The van der Waals surface area contributed by atoms with E-state index in [9.17, 15) is 15.0 Å². The highest BCUT2D eigenvalue weighted by Gasteiger charge is 2.46. The molecule has 2 aliphatic heterocycles. The second-order valence-electron chi connectivity index (χ2n) is 8.27. The first-order chi connectivity index (χ1) is 15.0. The molecule has 0 spiro atoms. The number of aliphatic hydroxyl groups is 1. The molecule has 3 unspecified atom stereocenters. The van der Waals surface area contributed by atoms with Crippen LogP contribution in [0.2, 0.25) is 0 Å². The molecule has 0 radical (unpaired) electrons. The van der Waals surface area contributed by atoms with Gasteiger partial charge in [-0.05, 0) is 35.6 Å². The van der Waals surface area contributed by atoms with Crippen LogP contribution in [-0.4, -0.2) is 33.5 Å². The first kappa shape index (κ1) is 20.0. The largest absolute Gasteiger partial charge is 0.480 e. The monoisotopic (exact) mass is 418 g/mol. The maximum atomic E-state index is 11.6. The highest BCUT2D eigenvalue weighted by Crippen LogP contribution is 2.45. The summed E-state index contributed by atoms with van der Waals surface area (Å²) in [6, 6.07) is 17.6. The molecule has 6 nitrogen and oxygen atoms in total. The first-order valence-corrected chi connectivity index (χ1v) is 10.7. The van der Waals surface area contributed by atoms with Gasteiger partial charge in [-0.1, -0.05) is 54.6 Å². The van der Waals surface area contributed by atoms with Crippen LogP contribution in [0.5, 0.6) is 0 Å². The Labute approximate surface area is 181 Å². The summed E-state index contributed by atoms with van der Waals surface area (Å²) >= 11 is 0. The van der Waals surface area contributed by atoms with Crippen molar-refractivity contribution in [3.05, 3.63) is 93.8 Å². The van der Waals surface area contributed by atoms with E-state index in [0.717, 1.165) is 52.2 Å². The number of carboxylic acids is 1. The van der Waals surface area contributed by atoms with Gasteiger partial charge in [0.15, 0.2) is 0 Å². The summed E-state index contributed by atoms with van der Waals surface area (Å²) in [7, 11) is 0. The number of carboxylic acid groups (broad SMARTS) is 1. The number of fused-ring (bicyclic) bond motifs is 3. The highest BCUT2D eigenvalue weighted by molar-refractivity contribution is 5.67. The van der Waals surface area contributed by atoms with Crippen LogP contribution in [0.4, 0.5) is 0 Å². The van der Waals surface area contributed by atoms with Crippen LogP contribution in [0, 0.1) is 6.92 Å². The minimum absolute atomic E-state index is 0.00484. The second-order valence-corrected chi connectivity index (χ2v) is 8.27. The van der Waals surface area contributed by atoms with Crippen molar-refractivity contribution < 1.29 is 19.7 Å². The summed E-state index contributed by atoms with van der Waals surface area (Å²) in [4.78, 5) is 11.6. The number of nitrogens with one attached hydrogen (secondary N) is 1. The van der Waals surface area contributed by atoms with Crippen molar-refractivity contribution in [1.29, 1.82) is 0 Å². The van der Waals surface area contributed by atoms with Gasteiger partial charge in [-0.3, -0.25) is 10.1 Å². The fourth-order valence-corrected chi connectivity index (χ4v) is 4.85. The van der Waals surface area contributed by atoms with Crippen molar-refractivity contribution >= 4 is 5.97 Å². The van der Waals surface area contributed by atoms with E-state index in [0.29, 0.717) is 6.42 Å². The van der Waals surface area contributed by atoms with Crippen molar-refractivity contribution in [2.45, 2.75) is 44.7 Å². The number of aromatic nitrogens is 1. The summed E-state index contributed by atoms with van der Waals surface area (Å²) < 4.78 is 7.79. The zero-order valence-electron chi connectivity index (χ0n) is 17.4. The third-order valence-electron chi connectivity index (χ3n) is 6.41. The molecule has 0 saturated carbocycles. The molecule has 2 aliphatic rings. The van der Waals surface area contributed by atoms with E-state index < -0.39 is 12.1 Å². The summed E-state index contributed by atoms with van der Waals surface area (Å²) in [5.74, 6) is -0.849. The van der Waals surface area contributed by atoms with Gasteiger partial charge in [-0.2, -0.15) is 0 Å². The summed E-state index contributed by atoms with van der Waals surface area (Å²) in [5, 5.41) is 23.9. The lowest BCUT2D eigenvalue weighted by molar-refractivity contribution is -0.137. The van der Waals surface area contributed by atoms with Crippen LogP contribution in [0.3, 0.4) is 0 Å².